The van der Waals surface area contributed by atoms with Crippen molar-refractivity contribution >= 4 is 23.4 Å². The zero-order valence-electron chi connectivity index (χ0n) is 13.7. The van der Waals surface area contributed by atoms with Crippen LogP contribution in [-0.2, 0) is 9.59 Å². The Labute approximate surface area is 148 Å². The molecule has 134 valence electrons. The van der Waals surface area contributed by atoms with E-state index in [0.717, 1.165) is 0 Å². The second-order valence-electron chi connectivity index (χ2n) is 6.57. The first-order valence-electron chi connectivity index (χ1n) is 8.35. The average Bonchev–Trinajstić information content (AvgIpc) is 2.60. The Morgan fingerprint density at radius 3 is 2.62 bits per heavy atom. The van der Waals surface area contributed by atoms with E-state index in [0.29, 0.717) is 36.1 Å². The summed E-state index contributed by atoms with van der Waals surface area (Å²) < 4.78 is 0. The number of para-hydroxylation sites is 1. The van der Waals surface area contributed by atoms with Gasteiger partial charge in [0.15, 0.2) is 5.78 Å². The number of hydrogen-bond acceptors (Lipinski definition) is 6. The average molecular weight is 356 g/mol. The Bertz CT molecular complexity index is 878. The van der Waals surface area contributed by atoms with Crippen LogP contribution < -0.4 is 16.0 Å². The van der Waals surface area contributed by atoms with Gasteiger partial charge in [-0.05, 0) is 12.8 Å². The number of nitro benzene ring substituents is 1. The SMILES string of the molecule is O=C1NC(=O)C2C(N1)NC1=C(C(=O)CCC1)C2c1ccccc1[N+](=O)[O-]. The molecule has 3 aliphatic rings. The van der Waals surface area contributed by atoms with Gasteiger partial charge >= 0.3 is 6.03 Å². The molecular formula is C17H16N4O5. The van der Waals surface area contributed by atoms with Crippen LogP contribution in [-0.4, -0.2) is 28.8 Å². The summed E-state index contributed by atoms with van der Waals surface area (Å²) in [6.45, 7) is 0. The van der Waals surface area contributed by atoms with E-state index in [1.807, 2.05) is 0 Å². The lowest BCUT2D eigenvalue weighted by Gasteiger charge is -2.44. The quantitative estimate of drug-likeness (QED) is 0.537. The number of fused-ring (bicyclic) bond motifs is 1. The van der Waals surface area contributed by atoms with Crippen LogP contribution in [0.15, 0.2) is 35.5 Å². The first-order valence-corrected chi connectivity index (χ1v) is 8.35. The molecule has 1 aliphatic carbocycles. The maximum Gasteiger partial charge on any atom is 0.323 e. The van der Waals surface area contributed by atoms with Crippen LogP contribution in [0.3, 0.4) is 0 Å². The minimum absolute atomic E-state index is 0.120. The highest BCUT2D eigenvalue weighted by molar-refractivity contribution is 6.03. The Morgan fingerprint density at radius 2 is 1.85 bits per heavy atom. The number of urea groups is 1. The van der Waals surface area contributed by atoms with Gasteiger partial charge in [-0.2, -0.15) is 0 Å². The number of imide groups is 1. The lowest BCUT2D eigenvalue weighted by Crippen LogP contribution is -2.66. The third-order valence-corrected chi connectivity index (χ3v) is 5.11. The lowest BCUT2D eigenvalue weighted by molar-refractivity contribution is -0.385. The topological polar surface area (TPSA) is 130 Å². The fourth-order valence-corrected chi connectivity index (χ4v) is 4.09. The van der Waals surface area contributed by atoms with E-state index in [1.54, 1.807) is 18.2 Å². The number of Topliss-reactive ketones (excluding diaryl/α,β-unsaturated/α-hetero) is 1. The van der Waals surface area contributed by atoms with Gasteiger partial charge in [-0.1, -0.05) is 18.2 Å². The highest BCUT2D eigenvalue weighted by atomic mass is 16.6. The maximum absolute atomic E-state index is 12.7. The molecule has 2 heterocycles. The van der Waals surface area contributed by atoms with E-state index < -0.39 is 34.9 Å². The van der Waals surface area contributed by atoms with E-state index >= 15 is 0 Å². The van der Waals surface area contributed by atoms with Crippen molar-refractivity contribution < 1.29 is 19.3 Å². The molecule has 0 aromatic heterocycles. The summed E-state index contributed by atoms with van der Waals surface area (Å²) in [5.41, 5.74) is 1.23. The first kappa shape index (κ1) is 16.2. The molecule has 0 radical (unpaired) electrons. The highest BCUT2D eigenvalue weighted by Crippen LogP contribution is 2.45. The summed E-state index contributed by atoms with van der Waals surface area (Å²) in [5.74, 6) is -2.31. The minimum atomic E-state index is -0.852. The van der Waals surface area contributed by atoms with Gasteiger partial charge in [0.1, 0.15) is 6.17 Å². The number of nitrogens with one attached hydrogen (secondary N) is 3. The van der Waals surface area contributed by atoms with Crippen molar-refractivity contribution in [2.45, 2.75) is 31.3 Å². The summed E-state index contributed by atoms with van der Waals surface area (Å²) in [7, 11) is 0. The Hall–Kier alpha value is -3.23. The molecule has 4 rings (SSSR count). The lowest BCUT2D eigenvalue weighted by atomic mass is 9.70. The molecule has 1 aromatic carbocycles. The third kappa shape index (κ3) is 2.43. The molecule has 9 heteroatoms. The fourth-order valence-electron chi connectivity index (χ4n) is 4.09. The molecule has 0 bridgehead atoms. The molecule has 3 amide bonds. The van der Waals surface area contributed by atoms with Crippen LogP contribution >= 0.6 is 0 Å². The van der Waals surface area contributed by atoms with Crippen LogP contribution in [0.1, 0.15) is 30.7 Å². The number of nitrogens with zero attached hydrogens (tertiary/aromatic N) is 1. The first-order chi connectivity index (χ1) is 12.5. The van der Waals surface area contributed by atoms with Gasteiger partial charge in [-0.15, -0.1) is 0 Å². The maximum atomic E-state index is 12.7. The molecule has 1 fully saturated rings. The second kappa shape index (κ2) is 5.94. The molecule has 2 aliphatic heterocycles. The monoisotopic (exact) mass is 356 g/mol. The fraction of sp³-hybridized carbons (Fsp3) is 0.353. The molecular weight excluding hydrogens is 340 g/mol. The van der Waals surface area contributed by atoms with Gasteiger partial charge in [0, 0.05) is 35.2 Å². The van der Waals surface area contributed by atoms with Crippen molar-refractivity contribution in [2.24, 2.45) is 5.92 Å². The number of carbonyl (C=O) groups is 3. The highest BCUT2D eigenvalue weighted by Gasteiger charge is 2.50. The molecule has 26 heavy (non-hydrogen) atoms. The van der Waals surface area contributed by atoms with Gasteiger partial charge < -0.3 is 10.6 Å². The normalized spacial score (nSPS) is 27.7. The van der Waals surface area contributed by atoms with E-state index in [9.17, 15) is 24.5 Å². The molecule has 1 aromatic rings. The van der Waals surface area contributed by atoms with Crippen LogP contribution in [0, 0.1) is 16.0 Å². The number of allylic oxidation sites excluding steroid dienone is 2. The van der Waals surface area contributed by atoms with E-state index in [-0.39, 0.29) is 11.5 Å². The van der Waals surface area contributed by atoms with Gasteiger partial charge in [-0.3, -0.25) is 25.0 Å². The molecule has 3 atom stereocenters. The summed E-state index contributed by atoms with van der Waals surface area (Å²) in [5, 5.41) is 19.5. The van der Waals surface area contributed by atoms with Crippen molar-refractivity contribution in [3.8, 4) is 0 Å². The second-order valence-corrected chi connectivity index (χ2v) is 6.57. The van der Waals surface area contributed by atoms with Crippen molar-refractivity contribution in [2.75, 3.05) is 0 Å². The number of hydrogen-bond donors (Lipinski definition) is 3. The van der Waals surface area contributed by atoms with Crippen LogP contribution in [0.5, 0.6) is 0 Å². The molecule has 1 saturated heterocycles. The van der Waals surface area contributed by atoms with E-state index in [2.05, 4.69) is 16.0 Å². The number of benzene rings is 1. The Kier molecular flexibility index (Phi) is 3.71. The smallest absolute Gasteiger partial charge is 0.323 e. The third-order valence-electron chi connectivity index (χ3n) is 5.11. The van der Waals surface area contributed by atoms with Gasteiger partial charge in [0.25, 0.3) is 5.69 Å². The number of nitro groups is 1. The number of amides is 3. The summed E-state index contributed by atoms with van der Waals surface area (Å²) in [6.07, 6.45) is 0.874. The van der Waals surface area contributed by atoms with E-state index in [4.69, 9.17) is 0 Å². The van der Waals surface area contributed by atoms with Crippen molar-refractivity contribution in [3.05, 3.63) is 51.2 Å². The van der Waals surface area contributed by atoms with Crippen molar-refractivity contribution in [1.82, 2.24) is 16.0 Å². The van der Waals surface area contributed by atoms with E-state index in [1.165, 1.54) is 6.07 Å². The largest absolute Gasteiger partial charge is 0.368 e. The molecule has 3 N–H and O–H groups in total. The molecule has 3 unspecified atom stereocenters. The Morgan fingerprint density at radius 1 is 1.08 bits per heavy atom. The summed E-state index contributed by atoms with van der Waals surface area (Å²) >= 11 is 0. The van der Waals surface area contributed by atoms with Crippen LogP contribution in [0.2, 0.25) is 0 Å². The summed E-state index contributed by atoms with van der Waals surface area (Å²) in [6, 6.07) is 5.49. The van der Waals surface area contributed by atoms with Crippen LogP contribution in [0.4, 0.5) is 10.5 Å². The molecule has 9 nitrogen and oxygen atoms in total. The van der Waals surface area contributed by atoms with Gasteiger partial charge in [0.05, 0.1) is 10.8 Å². The van der Waals surface area contributed by atoms with Gasteiger partial charge in [-0.25, -0.2) is 4.79 Å². The zero-order valence-corrected chi connectivity index (χ0v) is 13.7. The molecule has 0 spiro atoms. The predicted molar refractivity (Wildman–Crippen MR) is 88.8 cm³/mol. The summed E-state index contributed by atoms with van der Waals surface area (Å²) in [4.78, 5) is 47.9. The standard InChI is InChI=1S/C17H16N4O5/c22-11-7-3-5-9-13(11)12(8-4-1-2-6-10(8)21(25)26)14-15(18-9)19-17(24)20-16(14)23/h1-2,4,6,12,14-15,18H,3,5,7H2,(H2,19,20,23,24). The van der Waals surface area contributed by atoms with Crippen molar-refractivity contribution in [3.63, 3.8) is 0 Å². The zero-order chi connectivity index (χ0) is 18.4. The van der Waals surface area contributed by atoms with Crippen molar-refractivity contribution in [1.29, 1.82) is 0 Å². The number of ketones is 1. The number of rotatable bonds is 2. The van der Waals surface area contributed by atoms with Crippen LogP contribution in [0.25, 0.3) is 0 Å². The number of carbonyl (C=O) groups excluding carboxylic acids is 3. The predicted octanol–water partition coefficient (Wildman–Crippen LogP) is 1.07. The molecule has 0 saturated carbocycles. The Balaban J connectivity index is 1.93. The van der Waals surface area contributed by atoms with Gasteiger partial charge in [0.2, 0.25) is 5.91 Å². The minimum Gasteiger partial charge on any atom is -0.368 e.